The minimum Gasteiger partial charge on any atom is -0.328 e. The quantitative estimate of drug-likeness (QED) is 0.569. The molecule has 0 aromatic carbocycles. The third kappa shape index (κ3) is 5.96. The van der Waals surface area contributed by atoms with Crippen LogP contribution in [0.3, 0.4) is 0 Å². The second kappa shape index (κ2) is 4.13. The number of nitrogens with two attached hydrogens (primary N) is 1. The molecule has 0 bridgehead atoms. The summed E-state index contributed by atoms with van der Waals surface area (Å²) in [5, 5.41) is 0. The van der Waals surface area contributed by atoms with Crippen molar-refractivity contribution >= 4 is 0 Å². The van der Waals surface area contributed by atoms with Crippen molar-refractivity contribution in [1.82, 2.24) is 0 Å². The molecule has 0 spiro atoms. The van der Waals surface area contributed by atoms with Gasteiger partial charge < -0.3 is 5.73 Å². The van der Waals surface area contributed by atoms with E-state index in [1.807, 2.05) is 6.92 Å². The van der Waals surface area contributed by atoms with Gasteiger partial charge in [0, 0.05) is 6.04 Å². The van der Waals surface area contributed by atoms with E-state index in [0.717, 1.165) is 12.8 Å². The average molecular weight is 100 g/mol. The first-order chi connectivity index (χ1) is 3.27. The van der Waals surface area contributed by atoms with E-state index in [0.29, 0.717) is 6.04 Å². The average Bonchev–Trinajstić information content (AvgIpc) is 1.61. The Morgan fingerprint density at radius 1 is 1.71 bits per heavy atom. The van der Waals surface area contributed by atoms with Crippen LogP contribution in [-0.4, -0.2) is 6.04 Å². The first kappa shape index (κ1) is 6.96. The summed E-state index contributed by atoms with van der Waals surface area (Å²) in [7, 11) is 0. The van der Waals surface area contributed by atoms with Crippen molar-refractivity contribution in [2.45, 2.75) is 32.7 Å². The molecule has 0 amide bonds. The molecule has 1 radical (unpaired) electrons. The van der Waals surface area contributed by atoms with Crippen LogP contribution in [-0.2, 0) is 0 Å². The first-order valence-electron chi connectivity index (χ1n) is 2.80. The van der Waals surface area contributed by atoms with Crippen molar-refractivity contribution in [2.75, 3.05) is 0 Å². The number of hydrogen-bond donors (Lipinski definition) is 1. The minimum absolute atomic E-state index is 0.371. The lowest BCUT2D eigenvalue weighted by atomic mass is 10.2. The van der Waals surface area contributed by atoms with Crippen LogP contribution in [0.5, 0.6) is 0 Å². The predicted molar refractivity (Wildman–Crippen MR) is 32.9 cm³/mol. The van der Waals surface area contributed by atoms with Crippen molar-refractivity contribution in [3.8, 4) is 0 Å². The summed E-state index contributed by atoms with van der Waals surface area (Å²) in [4.78, 5) is 0. The summed E-state index contributed by atoms with van der Waals surface area (Å²) < 4.78 is 0. The lowest BCUT2D eigenvalue weighted by Gasteiger charge is -1.99. The predicted octanol–water partition coefficient (Wildman–Crippen LogP) is 1.34. The van der Waals surface area contributed by atoms with Crippen molar-refractivity contribution in [1.29, 1.82) is 0 Å². The summed E-state index contributed by atoms with van der Waals surface area (Å²) in [5.41, 5.74) is 5.46. The Morgan fingerprint density at radius 3 is 2.43 bits per heavy atom. The molecule has 0 aliphatic heterocycles. The Morgan fingerprint density at radius 2 is 2.29 bits per heavy atom. The van der Waals surface area contributed by atoms with Crippen LogP contribution in [0.15, 0.2) is 0 Å². The smallest absolute Gasteiger partial charge is 0.00105 e. The van der Waals surface area contributed by atoms with Gasteiger partial charge in [-0.2, -0.15) is 0 Å². The summed E-state index contributed by atoms with van der Waals surface area (Å²) in [6, 6.07) is 0.371. The molecular formula is C6H14N. The maximum Gasteiger partial charge on any atom is 0.00105 e. The lowest BCUT2D eigenvalue weighted by molar-refractivity contribution is 0.660. The normalized spacial score (nSPS) is 14.1. The van der Waals surface area contributed by atoms with Crippen molar-refractivity contribution in [2.24, 2.45) is 5.73 Å². The zero-order chi connectivity index (χ0) is 5.70. The van der Waals surface area contributed by atoms with Crippen LogP contribution in [0.1, 0.15) is 26.7 Å². The molecule has 43 valence electrons. The summed E-state index contributed by atoms with van der Waals surface area (Å²) in [5.74, 6) is 0. The van der Waals surface area contributed by atoms with E-state index in [1.54, 1.807) is 0 Å². The Hall–Kier alpha value is -0.0400. The van der Waals surface area contributed by atoms with Crippen LogP contribution in [0.25, 0.3) is 0 Å². The maximum atomic E-state index is 5.46. The van der Waals surface area contributed by atoms with Gasteiger partial charge >= 0.3 is 0 Å². The third-order valence-electron chi connectivity index (χ3n) is 0.911. The van der Waals surface area contributed by atoms with E-state index >= 15 is 0 Å². The zero-order valence-electron chi connectivity index (χ0n) is 5.15. The molecule has 0 fully saturated rings. The summed E-state index contributed by atoms with van der Waals surface area (Å²) in [6.07, 6.45) is 4.41. The highest BCUT2D eigenvalue weighted by Gasteiger charge is 1.88. The molecule has 2 N–H and O–H groups in total. The monoisotopic (exact) mass is 100 g/mol. The molecule has 0 aliphatic rings. The first-order valence-corrected chi connectivity index (χ1v) is 2.80. The van der Waals surface area contributed by atoms with E-state index in [2.05, 4.69) is 13.3 Å². The van der Waals surface area contributed by atoms with Gasteiger partial charge in [0.1, 0.15) is 0 Å². The van der Waals surface area contributed by atoms with Crippen molar-refractivity contribution in [3.05, 3.63) is 6.42 Å². The molecule has 0 aromatic heterocycles. The Balaban J connectivity index is 2.68. The van der Waals surface area contributed by atoms with E-state index < -0.39 is 0 Å². The van der Waals surface area contributed by atoms with Gasteiger partial charge in [0.25, 0.3) is 0 Å². The molecule has 0 saturated carbocycles. The highest BCUT2D eigenvalue weighted by atomic mass is 14.6. The van der Waals surface area contributed by atoms with Crippen molar-refractivity contribution in [3.63, 3.8) is 0 Å². The van der Waals surface area contributed by atoms with Gasteiger partial charge in [0.15, 0.2) is 0 Å². The van der Waals surface area contributed by atoms with E-state index in [4.69, 9.17) is 5.73 Å². The van der Waals surface area contributed by atoms with Gasteiger partial charge in [-0.15, -0.1) is 0 Å². The Kier molecular flexibility index (Phi) is 4.10. The summed E-state index contributed by atoms with van der Waals surface area (Å²) in [6.45, 7) is 4.09. The highest BCUT2D eigenvalue weighted by molar-refractivity contribution is 4.60. The second-order valence-corrected chi connectivity index (χ2v) is 1.96. The fourth-order valence-corrected chi connectivity index (χ4v) is 0.430. The summed E-state index contributed by atoms with van der Waals surface area (Å²) >= 11 is 0. The molecule has 1 unspecified atom stereocenters. The van der Waals surface area contributed by atoms with Gasteiger partial charge in [-0.3, -0.25) is 0 Å². The van der Waals surface area contributed by atoms with Crippen LogP contribution < -0.4 is 5.73 Å². The Labute approximate surface area is 45.9 Å². The number of hydrogen-bond acceptors (Lipinski definition) is 1. The van der Waals surface area contributed by atoms with Gasteiger partial charge in [-0.25, -0.2) is 0 Å². The molecule has 1 atom stereocenters. The molecule has 0 aromatic rings. The van der Waals surface area contributed by atoms with E-state index in [9.17, 15) is 0 Å². The van der Waals surface area contributed by atoms with Crippen molar-refractivity contribution < 1.29 is 0 Å². The van der Waals surface area contributed by atoms with Crippen LogP contribution >= 0.6 is 0 Å². The Bertz CT molecular complexity index is 33.2. The molecule has 1 nitrogen and oxygen atoms in total. The van der Waals surface area contributed by atoms with E-state index in [1.165, 1.54) is 0 Å². The fourth-order valence-electron chi connectivity index (χ4n) is 0.430. The van der Waals surface area contributed by atoms with Crippen LogP contribution in [0.4, 0.5) is 0 Å². The number of unbranched alkanes of at least 4 members (excludes halogenated alkanes) is 1. The van der Waals surface area contributed by atoms with Crippen LogP contribution in [0.2, 0.25) is 0 Å². The van der Waals surface area contributed by atoms with Gasteiger partial charge in [0.2, 0.25) is 0 Å². The highest BCUT2D eigenvalue weighted by Crippen LogP contribution is 1.94. The minimum atomic E-state index is 0.371. The standard InChI is InChI=1S/C6H14N/c1-3-4-5-6(2)7/h3,6H,4-5,7H2,1-2H3. The zero-order valence-corrected chi connectivity index (χ0v) is 5.15. The SMILES string of the molecule is C[CH]CCC(C)N. The van der Waals surface area contributed by atoms with Crippen LogP contribution in [0, 0.1) is 6.42 Å². The largest absolute Gasteiger partial charge is 0.328 e. The van der Waals surface area contributed by atoms with Gasteiger partial charge in [-0.1, -0.05) is 6.92 Å². The van der Waals surface area contributed by atoms with Gasteiger partial charge in [-0.05, 0) is 26.2 Å². The van der Waals surface area contributed by atoms with E-state index in [-0.39, 0.29) is 0 Å². The molecule has 0 aliphatic carbocycles. The molecular weight excluding hydrogens is 86.1 g/mol. The molecule has 0 saturated heterocycles. The second-order valence-electron chi connectivity index (χ2n) is 1.96. The topological polar surface area (TPSA) is 26.0 Å². The molecule has 7 heavy (non-hydrogen) atoms. The molecule has 0 rings (SSSR count). The third-order valence-corrected chi connectivity index (χ3v) is 0.911. The number of rotatable bonds is 3. The maximum absolute atomic E-state index is 5.46. The van der Waals surface area contributed by atoms with Gasteiger partial charge in [0.05, 0.1) is 0 Å². The lowest BCUT2D eigenvalue weighted by Crippen LogP contribution is -2.13. The fraction of sp³-hybridized carbons (Fsp3) is 0.833. The molecule has 0 heterocycles. The molecule has 1 heteroatoms.